The van der Waals surface area contributed by atoms with Crippen LogP contribution in [-0.4, -0.2) is 27.6 Å². The van der Waals surface area contributed by atoms with Crippen molar-refractivity contribution in [1.82, 2.24) is 15.1 Å². The molecule has 4 rings (SSSR count). The van der Waals surface area contributed by atoms with Gasteiger partial charge in [0.15, 0.2) is 0 Å². The first-order valence-corrected chi connectivity index (χ1v) is 9.07. The zero-order valence-corrected chi connectivity index (χ0v) is 15.1. The Bertz CT molecular complexity index is 1010. The number of aromatic nitrogens is 2. The van der Waals surface area contributed by atoms with E-state index >= 15 is 0 Å². The Hall–Kier alpha value is -3.48. The number of anilines is 1. The van der Waals surface area contributed by atoms with Gasteiger partial charge in [-0.25, -0.2) is 4.39 Å². The topological polar surface area (TPSA) is 76.0 Å². The fourth-order valence-electron chi connectivity index (χ4n) is 2.81. The maximum absolute atomic E-state index is 13.0. The predicted octanol–water partition coefficient (Wildman–Crippen LogP) is 3.22. The van der Waals surface area contributed by atoms with Crippen LogP contribution in [0.2, 0.25) is 0 Å². The molecule has 0 spiro atoms. The van der Waals surface area contributed by atoms with Gasteiger partial charge in [0, 0.05) is 29.1 Å². The van der Waals surface area contributed by atoms with Gasteiger partial charge in [-0.1, -0.05) is 6.07 Å². The van der Waals surface area contributed by atoms with Crippen molar-refractivity contribution in [2.45, 2.75) is 25.4 Å². The zero-order valence-electron chi connectivity index (χ0n) is 15.1. The summed E-state index contributed by atoms with van der Waals surface area (Å²) in [5, 5.41) is 10.1. The Morgan fingerprint density at radius 1 is 1.11 bits per heavy atom. The number of carbonyl (C=O) groups excluding carboxylic acids is 2. The highest BCUT2D eigenvalue weighted by molar-refractivity contribution is 5.97. The normalized spacial score (nSPS) is 13.2. The van der Waals surface area contributed by atoms with E-state index in [2.05, 4.69) is 15.7 Å². The molecule has 1 aliphatic rings. The van der Waals surface area contributed by atoms with Crippen LogP contribution in [0.4, 0.5) is 10.1 Å². The largest absolute Gasteiger partial charge is 0.349 e. The minimum atomic E-state index is -0.310. The number of hydrogen-bond acceptors (Lipinski definition) is 3. The first-order valence-electron chi connectivity index (χ1n) is 9.07. The van der Waals surface area contributed by atoms with Gasteiger partial charge in [-0.15, -0.1) is 0 Å². The molecule has 7 heteroatoms. The molecule has 2 aromatic carbocycles. The average molecular weight is 378 g/mol. The smallest absolute Gasteiger partial charge is 0.251 e. The number of benzene rings is 2. The van der Waals surface area contributed by atoms with E-state index in [0.29, 0.717) is 16.9 Å². The van der Waals surface area contributed by atoms with Crippen molar-refractivity contribution in [2.75, 3.05) is 5.32 Å². The molecule has 1 heterocycles. The number of carbonyl (C=O) groups is 2. The van der Waals surface area contributed by atoms with E-state index in [1.165, 1.54) is 16.8 Å². The van der Waals surface area contributed by atoms with Crippen LogP contribution in [-0.2, 0) is 11.3 Å². The Labute approximate surface area is 161 Å². The molecule has 1 saturated carbocycles. The van der Waals surface area contributed by atoms with Gasteiger partial charge in [-0.2, -0.15) is 5.10 Å². The summed E-state index contributed by atoms with van der Waals surface area (Å²) < 4.78 is 14.5. The summed E-state index contributed by atoms with van der Waals surface area (Å²) in [4.78, 5) is 24.4. The maximum Gasteiger partial charge on any atom is 0.251 e. The molecule has 2 N–H and O–H groups in total. The Morgan fingerprint density at radius 2 is 1.89 bits per heavy atom. The van der Waals surface area contributed by atoms with Crippen LogP contribution < -0.4 is 10.6 Å². The Balaban J connectivity index is 1.38. The molecule has 0 saturated heterocycles. The second-order valence-electron chi connectivity index (χ2n) is 6.78. The zero-order chi connectivity index (χ0) is 19.5. The van der Waals surface area contributed by atoms with E-state index in [4.69, 9.17) is 0 Å². The summed E-state index contributed by atoms with van der Waals surface area (Å²) >= 11 is 0. The van der Waals surface area contributed by atoms with Crippen molar-refractivity contribution in [1.29, 1.82) is 0 Å². The van der Waals surface area contributed by atoms with Gasteiger partial charge >= 0.3 is 0 Å². The number of nitrogens with zero attached hydrogens (tertiary/aromatic N) is 2. The third-order valence-corrected chi connectivity index (χ3v) is 4.41. The standard InChI is InChI=1S/C21H19FN4O2/c22-16-6-4-14(5-7-16)19-10-11-26(25-19)13-20(27)23-18-3-1-2-15(12-18)21(28)24-17-8-9-17/h1-7,10-12,17H,8-9,13H2,(H,23,27)(H,24,28). The van der Waals surface area contributed by atoms with E-state index in [0.717, 1.165) is 18.4 Å². The summed E-state index contributed by atoms with van der Waals surface area (Å²) in [5.41, 5.74) is 2.50. The van der Waals surface area contributed by atoms with Crippen LogP contribution in [0.5, 0.6) is 0 Å². The van der Waals surface area contributed by atoms with Crippen LogP contribution in [0, 0.1) is 5.82 Å². The van der Waals surface area contributed by atoms with E-state index < -0.39 is 0 Å². The molecule has 0 atom stereocenters. The van der Waals surface area contributed by atoms with Crippen molar-refractivity contribution in [2.24, 2.45) is 0 Å². The number of hydrogen-bond donors (Lipinski definition) is 2. The van der Waals surface area contributed by atoms with Gasteiger partial charge in [0.1, 0.15) is 12.4 Å². The Morgan fingerprint density at radius 3 is 2.64 bits per heavy atom. The molecular formula is C21H19FN4O2. The van der Waals surface area contributed by atoms with E-state index in [-0.39, 0.29) is 30.2 Å². The molecule has 2 amide bonds. The van der Waals surface area contributed by atoms with E-state index in [1.54, 1.807) is 48.7 Å². The van der Waals surface area contributed by atoms with Gasteiger partial charge in [0.2, 0.25) is 5.91 Å². The van der Waals surface area contributed by atoms with Gasteiger partial charge in [0.05, 0.1) is 5.69 Å². The minimum Gasteiger partial charge on any atom is -0.349 e. The molecule has 0 radical (unpaired) electrons. The lowest BCUT2D eigenvalue weighted by Crippen LogP contribution is -2.25. The van der Waals surface area contributed by atoms with Crippen LogP contribution in [0.3, 0.4) is 0 Å². The summed E-state index contributed by atoms with van der Waals surface area (Å²) in [6.45, 7) is 0.0275. The van der Waals surface area contributed by atoms with Gasteiger partial charge in [-0.05, 0) is 61.4 Å². The van der Waals surface area contributed by atoms with Crippen molar-refractivity contribution in [3.8, 4) is 11.3 Å². The molecule has 142 valence electrons. The first-order chi connectivity index (χ1) is 13.6. The van der Waals surface area contributed by atoms with Gasteiger partial charge in [-0.3, -0.25) is 14.3 Å². The molecular weight excluding hydrogens is 359 g/mol. The summed E-state index contributed by atoms with van der Waals surface area (Å²) in [5.74, 6) is -0.696. The van der Waals surface area contributed by atoms with Crippen molar-refractivity contribution in [3.63, 3.8) is 0 Å². The van der Waals surface area contributed by atoms with Crippen LogP contribution in [0.1, 0.15) is 23.2 Å². The number of amides is 2. The molecule has 1 aliphatic carbocycles. The molecule has 28 heavy (non-hydrogen) atoms. The lowest BCUT2D eigenvalue weighted by atomic mass is 10.1. The molecule has 6 nitrogen and oxygen atoms in total. The molecule has 0 unspecified atom stereocenters. The quantitative estimate of drug-likeness (QED) is 0.692. The maximum atomic E-state index is 13.0. The van der Waals surface area contributed by atoms with Crippen molar-refractivity contribution >= 4 is 17.5 Å². The van der Waals surface area contributed by atoms with E-state index in [9.17, 15) is 14.0 Å². The number of nitrogens with one attached hydrogen (secondary N) is 2. The van der Waals surface area contributed by atoms with Gasteiger partial charge in [0.25, 0.3) is 5.91 Å². The van der Waals surface area contributed by atoms with Crippen LogP contribution >= 0.6 is 0 Å². The van der Waals surface area contributed by atoms with Crippen LogP contribution in [0.15, 0.2) is 60.8 Å². The predicted molar refractivity (Wildman–Crippen MR) is 103 cm³/mol. The second kappa shape index (κ2) is 7.64. The molecule has 0 aliphatic heterocycles. The summed E-state index contributed by atoms with van der Waals surface area (Å²) in [6.07, 6.45) is 3.73. The fourth-order valence-corrected chi connectivity index (χ4v) is 2.81. The third-order valence-electron chi connectivity index (χ3n) is 4.41. The number of rotatable bonds is 6. The molecule has 1 fully saturated rings. The minimum absolute atomic E-state index is 0.0275. The summed E-state index contributed by atoms with van der Waals surface area (Å²) in [7, 11) is 0. The number of halogens is 1. The molecule has 0 bridgehead atoms. The first kappa shape index (κ1) is 17.9. The van der Waals surface area contributed by atoms with Crippen LogP contribution in [0.25, 0.3) is 11.3 Å². The highest BCUT2D eigenvalue weighted by Gasteiger charge is 2.23. The lowest BCUT2D eigenvalue weighted by Gasteiger charge is -2.08. The van der Waals surface area contributed by atoms with Gasteiger partial charge < -0.3 is 10.6 Å². The molecule has 1 aromatic heterocycles. The van der Waals surface area contributed by atoms with E-state index in [1.807, 2.05) is 0 Å². The summed E-state index contributed by atoms with van der Waals surface area (Å²) in [6, 6.07) is 14.9. The highest BCUT2D eigenvalue weighted by atomic mass is 19.1. The average Bonchev–Trinajstić information content (AvgIpc) is 3.38. The monoisotopic (exact) mass is 378 g/mol. The third kappa shape index (κ3) is 4.43. The van der Waals surface area contributed by atoms with Crippen molar-refractivity contribution in [3.05, 3.63) is 72.2 Å². The Kier molecular flexibility index (Phi) is 4.89. The molecule has 3 aromatic rings. The lowest BCUT2D eigenvalue weighted by molar-refractivity contribution is -0.116. The fraction of sp³-hybridized carbons (Fsp3) is 0.190. The van der Waals surface area contributed by atoms with Crippen molar-refractivity contribution < 1.29 is 14.0 Å². The highest BCUT2D eigenvalue weighted by Crippen LogP contribution is 2.20. The second-order valence-corrected chi connectivity index (χ2v) is 6.78. The SMILES string of the molecule is O=C(Cn1ccc(-c2ccc(F)cc2)n1)Nc1cccc(C(=O)NC2CC2)c1.